The van der Waals surface area contributed by atoms with Crippen molar-refractivity contribution < 1.29 is 4.79 Å². The lowest BCUT2D eigenvalue weighted by Gasteiger charge is -2.30. The number of benzene rings is 1. The second-order valence-corrected chi connectivity index (χ2v) is 8.37. The quantitative estimate of drug-likeness (QED) is 0.720. The summed E-state index contributed by atoms with van der Waals surface area (Å²) in [6.07, 6.45) is 1.29. The number of Topliss-reactive ketones (excluding diaryl/α,β-unsaturated/α-hetero) is 1. The van der Waals surface area contributed by atoms with E-state index in [0.29, 0.717) is 15.7 Å². The third-order valence-electron chi connectivity index (χ3n) is 4.63. The number of hydrogen-bond acceptors (Lipinski definition) is 3. The van der Waals surface area contributed by atoms with Crippen LogP contribution in [0.1, 0.15) is 32.4 Å². The molecule has 0 unspecified atom stereocenters. The molecular formula is C19H22IN3O2. The first-order chi connectivity index (χ1) is 11.7. The van der Waals surface area contributed by atoms with Gasteiger partial charge in [0.25, 0.3) is 5.56 Å². The topological polar surface area (TPSA) is 56.0 Å². The van der Waals surface area contributed by atoms with Crippen molar-refractivity contribution in [3.63, 3.8) is 0 Å². The van der Waals surface area contributed by atoms with Gasteiger partial charge in [0.15, 0.2) is 5.78 Å². The van der Waals surface area contributed by atoms with E-state index in [9.17, 15) is 9.59 Å². The molecule has 0 saturated heterocycles. The van der Waals surface area contributed by atoms with Crippen molar-refractivity contribution >= 4 is 34.1 Å². The van der Waals surface area contributed by atoms with E-state index >= 15 is 0 Å². The Hall–Kier alpha value is -1.83. The highest BCUT2D eigenvalue weighted by atomic mass is 127. The molecule has 3 rings (SSSR count). The van der Waals surface area contributed by atoms with Crippen LogP contribution < -0.4 is 10.9 Å². The zero-order valence-electron chi connectivity index (χ0n) is 14.9. The molecule has 0 saturated carbocycles. The van der Waals surface area contributed by atoms with E-state index in [0.717, 1.165) is 23.5 Å². The number of hydrogen-bond donors (Lipinski definition) is 1. The average Bonchev–Trinajstić information content (AvgIpc) is 2.76. The molecule has 1 aromatic carbocycles. The lowest BCUT2D eigenvalue weighted by atomic mass is 9.79. The fourth-order valence-electron chi connectivity index (χ4n) is 3.26. The third-order valence-corrected chi connectivity index (χ3v) is 5.89. The van der Waals surface area contributed by atoms with Crippen LogP contribution in [0.4, 0.5) is 5.69 Å². The van der Waals surface area contributed by atoms with Crippen LogP contribution in [0.5, 0.6) is 0 Å². The molecule has 0 bridgehead atoms. The van der Waals surface area contributed by atoms with E-state index in [1.165, 1.54) is 0 Å². The molecule has 1 aromatic heterocycles. The highest BCUT2D eigenvalue weighted by Crippen LogP contribution is 2.39. The SMILES string of the molecule is Cc1c(NC2=C(I)C(=O)CC(C)(C)C2)c(=O)n(-c2ccccc2)n1C. The normalized spacial score (nSPS) is 17.1. The molecule has 0 radical (unpaired) electrons. The summed E-state index contributed by atoms with van der Waals surface area (Å²) < 4.78 is 4.18. The second-order valence-electron chi connectivity index (χ2n) is 7.30. The number of para-hydroxylation sites is 1. The molecule has 5 nitrogen and oxygen atoms in total. The number of halogens is 1. The standard InChI is InChI=1S/C19H22IN3O2/c1-12-17(21-14-10-19(2,3)11-15(24)16(14)20)18(25)23(22(12)4)13-8-6-5-7-9-13/h5-9,21H,10-11H2,1-4H3. The molecule has 1 aliphatic carbocycles. The van der Waals surface area contributed by atoms with E-state index in [2.05, 4.69) is 41.8 Å². The van der Waals surface area contributed by atoms with E-state index < -0.39 is 0 Å². The summed E-state index contributed by atoms with van der Waals surface area (Å²) in [4.78, 5) is 25.3. The van der Waals surface area contributed by atoms with Gasteiger partial charge in [-0.25, -0.2) is 4.68 Å². The van der Waals surface area contributed by atoms with Gasteiger partial charge in [0.05, 0.1) is 15.0 Å². The van der Waals surface area contributed by atoms with Gasteiger partial charge in [0, 0.05) is 19.2 Å². The average molecular weight is 451 g/mol. The number of allylic oxidation sites excluding steroid dienone is 2. The van der Waals surface area contributed by atoms with Gasteiger partial charge in [0.1, 0.15) is 5.69 Å². The van der Waals surface area contributed by atoms with Gasteiger partial charge < -0.3 is 5.32 Å². The van der Waals surface area contributed by atoms with E-state index in [1.807, 2.05) is 49.0 Å². The minimum Gasteiger partial charge on any atom is -0.352 e. The van der Waals surface area contributed by atoms with Crippen LogP contribution in [0.25, 0.3) is 5.69 Å². The fourth-order valence-corrected chi connectivity index (χ4v) is 3.78. The van der Waals surface area contributed by atoms with Gasteiger partial charge in [-0.05, 0) is 53.5 Å². The summed E-state index contributed by atoms with van der Waals surface area (Å²) in [7, 11) is 1.87. The maximum Gasteiger partial charge on any atom is 0.295 e. The van der Waals surface area contributed by atoms with E-state index in [1.54, 1.807) is 4.68 Å². The van der Waals surface area contributed by atoms with Crippen molar-refractivity contribution in [2.45, 2.75) is 33.6 Å². The Kier molecular flexibility index (Phi) is 4.66. The maximum atomic E-state index is 13.0. The van der Waals surface area contributed by atoms with Crippen LogP contribution in [0.15, 0.2) is 44.4 Å². The van der Waals surface area contributed by atoms with Crippen molar-refractivity contribution in [3.8, 4) is 5.69 Å². The van der Waals surface area contributed by atoms with Gasteiger partial charge in [-0.3, -0.25) is 14.3 Å². The molecule has 0 atom stereocenters. The Morgan fingerprint density at radius 3 is 2.40 bits per heavy atom. The molecule has 25 heavy (non-hydrogen) atoms. The molecule has 2 aromatic rings. The molecule has 1 N–H and O–H groups in total. The predicted octanol–water partition coefficient (Wildman–Crippen LogP) is 3.93. The van der Waals surface area contributed by atoms with Gasteiger partial charge in [-0.1, -0.05) is 32.0 Å². The van der Waals surface area contributed by atoms with Gasteiger partial charge in [-0.15, -0.1) is 0 Å². The number of nitrogens with zero attached hydrogens (tertiary/aromatic N) is 2. The number of aromatic nitrogens is 2. The largest absolute Gasteiger partial charge is 0.352 e. The second kappa shape index (κ2) is 6.48. The first kappa shape index (κ1) is 18.0. The summed E-state index contributed by atoms with van der Waals surface area (Å²) in [5.41, 5.74) is 2.80. The fraction of sp³-hybridized carbons (Fsp3) is 0.368. The van der Waals surface area contributed by atoms with Gasteiger partial charge in [-0.2, -0.15) is 0 Å². The summed E-state index contributed by atoms with van der Waals surface area (Å²) in [6, 6.07) is 9.55. The number of rotatable bonds is 3. The van der Waals surface area contributed by atoms with Crippen molar-refractivity contribution in [3.05, 3.63) is 55.7 Å². The summed E-state index contributed by atoms with van der Waals surface area (Å²) in [5, 5.41) is 3.28. The van der Waals surface area contributed by atoms with Crippen molar-refractivity contribution in [1.82, 2.24) is 9.36 Å². The molecule has 1 aliphatic rings. The zero-order valence-corrected chi connectivity index (χ0v) is 17.0. The van der Waals surface area contributed by atoms with Crippen LogP contribution in [0, 0.1) is 12.3 Å². The Morgan fingerprint density at radius 2 is 1.76 bits per heavy atom. The lowest BCUT2D eigenvalue weighted by molar-refractivity contribution is -0.117. The van der Waals surface area contributed by atoms with Crippen LogP contribution in [0.3, 0.4) is 0 Å². The summed E-state index contributed by atoms with van der Waals surface area (Å²) >= 11 is 2.09. The molecule has 0 fully saturated rings. The Morgan fingerprint density at radius 1 is 1.12 bits per heavy atom. The van der Waals surface area contributed by atoms with Crippen molar-refractivity contribution in [2.24, 2.45) is 12.5 Å². The number of nitrogens with one attached hydrogen (secondary N) is 1. The minimum atomic E-state index is -0.112. The highest BCUT2D eigenvalue weighted by molar-refractivity contribution is 14.1. The van der Waals surface area contributed by atoms with Crippen LogP contribution in [-0.4, -0.2) is 15.1 Å². The highest BCUT2D eigenvalue weighted by Gasteiger charge is 2.32. The third kappa shape index (κ3) is 3.31. The van der Waals surface area contributed by atoms with Gasteiger partial charge in [0.2, 0.25) is 0 Å². The Labute approximate surface area is 160 Å². The maximum absolute atomic E-state index is 13.0. The molecule has 132 valence electrons. The van der Waals surface area contributed by atoms with Gasteiger partial charge >= 0.3 is 0 Å². The first-order valence-corrected chi connectivity index (χ1v) is 9.32. The molecule has 6 heteroatoms. The lowest BCUT2D eigenvalue weighted by Crippen LogP contribution is -2.28. The minimum absolute atomic E-state index is 0.102. The summed E-state index contributed by atoms with van der Waals surface area (Å²) in [6.45, 7) is 6.07. The summed E-state index contributed by atoms with van der Waals surface area (Å²) in [5.74, 6) is 0.135. The van der Waals surface area contributed by atoms with E-state index in [4.69, 9.17) is 0 Å². The van der Waals surface area contributed by atoms with E-state index in [-0.39, 0.29) is 16.8 Å². The Bertz CT molecular complexity index is 920. The predicted molar refractivity (Wildman–Crippen MR) is 108 cm³/mol. The smallest absolute Gasteiger partial charge is 0.295 e. The van der Waals surface area contributed by atoms with Crippen LogP contribution >= 0.6 is 22.6 Å². The van der Waals surface area contributed by atoms with Crippen LogP contribution in [0.2, 0.25) is 0 Å². The first-order valence-electron chi connectivity index (χ1n) is 8.24. The monoisotopic (exact) mass is 451 g/mol. The number of ketones is 1. The zero-order chi connectivity index (χ0) is 18.4. The molecule has 0 spiro atoms. The Balaban J connectivity index is 2.07. The number of anilines is 1. The number of carbonyl (C=O) groups excluding carboxylic acids is 1. The molecular weight excluding hydrogens is 429 g/mol. The number of carbonyl (C=O) groups is 1. The molecule has 1 heterocycles. The van der Waals surface area contributed by atoms with Crippen molar-refractivity contribution in [1.29, 1.82) is 0 Å². The molecule has 0 amide bonds. The van der Waals surface area contributed by atoms with Crippen LogP contribution in [-0.2, 0) is 11.8 Å². The molecule has 0 aliphatic heterocycles. The van der Waals surface area contributed by atoms with Crippen molar-refractivity contribution in [2.75, 3.05) is 5.32 Å².